The third-order valence-corrected chi connectivity index (χ3v) is 1.82. The van der Waals surface area contributed by atoms with Crippen molar-refractivity contribution < 1.29 is 30.3 Å². The third kappa shape index (κ3) is 1.74. The number of hydrogen-bond donors (Lipinski definition) is 5. The van der Waals surface area contributed by atoms with Gasteiger partial charge >= 0.3 is 0 Å². The molecule has 1 fully saturated rings. The van der Waals surface area contributed by atoms with E-state index in [1.165, 1.54) is 0 Å². The summed E-state index contributed by atoms with van der Waals surface area (Å²) in [6, 6.07) is 0. The number of ether oxygens (including phenoxy) is 1. The lowest BCUT2D eigenvalue weighted by atomic mass is 10.0. The smallest absolute Gasteiger partial charge is 0.183 e. The number of aliphatic hydroxyl groups is 5. The molecule has 6 nitrogen and oxygen atoms in total. The Bertz CT molecular complexity index is 135. The van der Waals surface area contributed by atoms with Crippen LogP contribution in [0.25, 0.3) is 0 Å². The summed E-state index contributed by atoms with van der Waals surface area (Å²) in [5.41, 5.74) is 0. The van der Waals surface area contributed by atoms with E-state index >= 15 is 0 Å². The minimum absolute atomic E-state index is 0.323. The van der Waals surface area contributed by atoms with Gasteiger partial charge in [-0.15, -0.1) is 0 Å². The largest absolute Gasteiger partial charge is 0.388 e. The van der Waals surface area contributed by atoms with E-state index in [4.69, 9.17) is 25.5 Å². The normalized spacial score (nSPS) is 50.2. The van der Waals surface area contributed by atoms with Gasteiger partial charge in [-0.2, -0.15) is 0 Å². The summed E-state index contributed by atoms with van der Waals surface area (Å²) < 4.78 is 4.50. The summed E-state index contributed by atoms with van der Waals surface area (Å²) in [7, 11) is 0. The Morgan fingerprint density at radius 1 is 0.833 bits per heavy atom. The molecule has 0 aromatic heterocycles. The zero-order chi connectivity index (χ0) is 9.30. The second kappa shape index (κ2) is 3.65. The second-order valence-corrected chi connectivity index (χ2v) is 2.76. The standard InChI is InChI=1S/C6H12O6/c7-2-1-12-6(11)5(10)4(9)3(2)8/h2-11H,1H2/t2-,3-,4+,5-,6-/m1/s1. The predicted molar refractivity (Wildman–Crippen MR) is 36.0 cm³/mol. The Morgan fingerprint density at radius 2 is 1.42 bits per heavy atom. The molecule has 0 radical (unpaired) electrons. The Labute approximate surface area is 68.6 Å². The maximum atomic E-state index is 9.07. The van der Waals surface area contributed by atoms with Crippen molar-refractivity contribution in [3.63, 3.8) is 0 Å². The average molecular weight is 180 g/mol. The van der Waals surface area contributed by atoms with E-state index in [9.17, 15) is 0 Å². The first-order chi connectivity index (χ1) is 5.54. The Kier molecular flexibility index (Phi) is 2.99. The van der Waals surface area contributed by atoms with Gasteiger partial charge in [-0.05, 0) is 0 Å². The molecule has 0 aromatic carbocycles. The summed E-state index contributed by atoms with van der Waals surface area (Å²) in [5, 5.41) is 45.1. The van der Waals surface area contributed by atoms with E-state index in [-0.39, 0.29) is 6.61 Å². The highest BCUT2D eigenvalue weighted by Crippen LogP contribution is 2.14. The van der Waals surface area contributed by atoms with Gasteiger partial charge in [-0.1, -0.05) is 0 Å². The van der Waals surface area contributed by atoms with Gasteiger partial charge < -0.3 is 30.3 Å². The van der Waals surface area contributed by atoms with Crippen molar-refractivity contribution in [1.82, 2.24) is 0 Å². The molecule has 1 aliphatic heterocycles. The summed E-state index contributed by atoms with van der Waals surface area (Å²) >= 11 is 0. The zero-order valence-corrected chi connectivity index (χ0v) is 6.24. The molecule has 1 heterocycles. The van der Waals surface area contributed by atoms with Crippen LogP contribution >= 0.6 is 0 Å². The summed E-state index contributed by atoms with van der Waals surface area (Å²) in [6.07, 6.45) is -7.58. The van der Waals surface area contributed by atoms with Crippen LogP contribution in [0.5, 0.6) is 0 Å². The van der Waals surface area contributed by atoms with Gasteiger partial charge in [0.25, 0.3) is 0 Å². The minimum Gasteiger partial charge on any atom is -0.388 e. The van der Waals surface area contributed by atoms with Gasteiger partial charge in [-0.25, -0.2) is 0 Å². The van der Waals surface area contributed by atoms with Crippen LogP contribution in [0.2, 0.25) is 0 Å². The molecule has 0 bridgehead atoms. The Morgan fingerprint density at radius 3 is 2.00 bits per heavy atom. The van der Waals surface area contributed by atoms with Crippen LogP contribution in [-0.4, -0.2) is 62.8 Å². The van der Waals surface area contributed by atoms with E-state index in [2.05, 4.69) is 4.74 Å². The summed E-state index contributed by atoms with van der Waals surface area (Å²) in [6.45, 7) is -0.323. The quantitative estimate of drug-likeness (QED) is 0.268. The molecular weight excluding hydrogens is 168 g/mol. The first-order valence-electron chi connectivity index (χ1n) is 3.56. The fourth-order valence-electron chi connectivity index (χ4n) is 0.993. The number of aliphatic hydroxyl groups excluding tert-OH is 5. The van der Waals surface area contributed by atoms with E-state index in [1.54, 1.807) is 0 Å². The molecule has 5 atom stereocenters. The molecule has 0 unspecified atom stereocenters. The van der Waals surface area contributed by atoms with Gasteiger partial charge in [0.15, 0.2) is 6.29 Å². The molecule has 0 aliphatic carbocycles. The van der Waals surface area contributed by atoms with Gasteiger partial charge in [0.2, 0.25) is 0 Å². The maximum Gasteiger partial charge on any atom is 0.183 e. The fourth-order valence-corrected chi connectivity index (χ4v) is 0.993. The first kappa shape index (κ1) is 9.85. The average Bonchev–Trinajstić information content (AvgIpc) is 2.14. The van der Waals surface area contributed by atoms with E-state index in [0.717, 1.165) is 0 Å². The fraction of sp³-hybridized carbons (Fsp3) is 1.00. The van der Waals surface area contributed by atoms with Crippen LogP contribution in [0.1, 0.15) is 0 Å². The van der Waals surface area contributed by atoms with Crippen molar-refractivity contribution in [2.45, 2.75) is 30.7 Å². The highest BCUT2D eigenvalue weighted by molar-refractivity contribution is 4.85. The molecule has 0 spiro atoms. The van der Waals surface area contributed by atoms with Crippen molar-refractivity contribution in [3.05, 3.63) is 0 Å². The Hall–Kier alpha value is -0.240. The molecule has 6 heteroatoms. The zero-order valence-electron chi connectivity index (χ0n) is 6.24. The lowest BCUT2D eigenvalue weighted by Crippen LogP contribution is -2.46. The molecule has 0 aromatic rings. The van der Waals surface area contributed by atoms with Crippen LogP contribution in [0.3, 0.4) is 0 Å². The molecule has 1 saturated heterocycles. The number of hydrogen-bond acceptors (Lipinski definition) is 6. The highest BCUT2D eigenvalue weighted by atomic mass is 16.6. The minimum atomic E-state index is -1.60. The molecule has 0 amide bonds. The van der Waals surface area contributed by atoms with Crippen molar-refractivity contribution in [2.24, 2.45) is 0 Å². The van der Waals surface area contributed by atoms with Gasteiger partial charge in [0.1, 0.15) is 24.4 Å². The number of rotatable bonds is 0. The molecule has 5 N–H and O–H groups in total. The molecule has 1 rings (SSSR count). The van der Waals surface area contributed by atoms with E-state index in [0.29, 0.717) is 0 Å². The first-order valence-corrected chi connectivity index (χ1v) is 3.56. The van der Waals surface area contributed by atoms with Gasteiger partial charge in [-0.3, -0.25) is 0 Å². The van der Waals surface area contributed by atoms with Crippen molar-refractivity contribution in [3.8, 4) is 0 Å². The predicted octanol–water partition coefficient (Wildman–Crippen LogP) is -3.22. The van der Waals surface area contributed by atoms with Gasteiger partial charge in [0, 0.05) is 0 Å². The molecule has 72 valence electrons. The summed E-state index contributed by atoms with van der Waals surface area (Å²) in [5.74, 6) is 0. The molecular formula is C6H12O6. The Balaban J connectivity index is 2.68. The van der Waals surface area contributed by atoms with Crippen LogP contribution in [0.4, 0.5) is 0 Å². The van der Waals surface area contributed by atoms with Crippen LogP contribution in [0, 0.1) is 0 Å². The van der Waals surface area contributed by atoms with Crippen LogP contribution < -0.4 is 0 Å². The lowest BCUT2D eigenvalue weighted by Gasteiger charge is -2.22. The second-order valence-electron chi connectivity index (χ2n) is 2.76. The molecule has 0 saturated carbocycles. The monoisotopic (exact) mass is 180 g/mol. The van der Waals surface area contributed by atoms with E-state index < -0.39 is 30.7 Å². The molecule has 1 aliphatic rings. The van der Waals surface area contributed by atoms with E-state index in [1.807, 2.05) is 0 Å². The SMILES string of the molecule is O[C@@H]1[C@@H](O)[C@H](O)OC[C@@H](O)[C@H]1O. The highest BCUT2D eigenvalue weighted by Gasteiger charge is 2.38. The molecule has 12 heavy (non-hydrogen) atoms. The lowest BCUT2D eigenvalue weighted by molar-refractivity contribution is -0.181. The van der Waals surface area contributed by atoms with Gasteiger partial charge in [0.05, 0.1) is 6.61 Å². The van der Waals surface area contributed by atoms with Crippen molar-refractivity contribution in [2.75, 3.05) is 6.61 Å². The maximum absolute atomic E-state index is 9.07. The van der Waals surface area contributed by atoms with Crippen molar-refractivity contribution in [1.29, 1.82) is 0 Å². The van der Waals surface area contributed by atoms with Crippen molar-refractivity contribution >= 4 is 0 Å². The van der Waals surface area contributed by atoms with Crippen LogP contribution in [-0.2, 0) is 4.74 Å². The third-order valence-electron chi connectivity index (χ3n) is 1.82. The topological polar surface area (TPSA) is 110 Å². The summed E-state index contributed by atoms with van der Waals surface area (Å²) in [4.78, 5) is 0. The van der Waals surface area contributed by atoms with Crippen LogP contribution in [0.15, 0.2) is 0 Å².